The molecule has 1 aliphatic rings. The molecule has 0 aliphatic carbocycles. The first-order valence-electron chi connectivity index (χ1n) is 7.69. The van der Waals surface area contributed by atoms with Crippen LogP contribution in [0.15, 0.2) is 42.5 Å². The summed E-state index contributed by atoms with van der Waals surface area (Å²) in [5.74, 6) is 0. The lowest BCUT2D eigenvalue weighted by molar-refractivity contribution is -0.137. The van der Waals surface area contributed by atoms with Crippen molar-refractivity contribution in [2.75, 3.05) is 0 Å². The van der Waals surface area contributed by atoms with E-state index in [1.54, 1.807) is 36.4 Å². The first kappa shape index (κ1) is 18.4. The lowest BCUT2D eigenvalue weighted by Gasteiger charge is -2.15. The van der Waals surface area contributed by atoms with Gasteiger partial charge in [0.05, 0.1) is 22.7 Å². The van der Waals surface area contributed by atoms with Gasteiger partial charge in [0.2, 0.25) is 0 Å². The molecule has 3 N–H and O–H groups in total. The van der Waals surface area contributed by atoms with Crippen molar-refractivity contribution in [2.24, 2.45) is 0 Å². The summed E-state index contributed by atoms with van der Waals surface area (Å²) in [5, 5.41) is 9.59. The van der Waals surface area contributed by atoms with Gasteiger partial charge in [-0.1, -0.05) is 54.1 Å². The number of benzene rings is 2. The molecule has 0 aromatic heterocycles. The average molecular weight is 379 g/mol. The van der Waals surface area contributed by atoms with Gasteiger partial charge in [-0.05, 0) is 28.8 Å². The van der Waals surface area contributed by atoms with Crippen LogP contribution in [0, 0.1) is 11.3 Å². The number of halogens is 4. The fourth-order valence-corrected chi connectivity index (χ4v) is 2.98. The van der Waals surface area contributed by atoms with E-state index in [1.165, 1.54) is 6.07 Å². The highest BCUT2D eigenvalue weighted by Crippen LogP contribution is 2.32. The number of hydrazine groups is 2. The Bertz CT molecular complexity index is 873. The zero-order valence-corrected chi connectivity index (χ0v) is 14.1. The van der Waals surface area contributed by atoms with Crippen molar-refractivity contribution >= 4 is 23.8 Å². The number of hydrogen-bond acceptors (Lipinski definition) is 4. The highest BCUT2D eigenvalue weighted by molar-refractivity contribution is 6.33. The summed E-state index contributed by atoms with van der Waals surface area (Å²) in [6.45, 7) is 0. The number of rotatable bonds is 3. The first-order valence-corrected chi connectivity index (χ1v) is 8.07. The van der Waals surface area contributed by atoms with E-state index in [1.807, 2.05) is 0 Å². The molecule has 2 atom stereocenters. The van der Waals surface area contributed by atoms with E-state index in [2.05, 4.69) is 22.5 Å². The number of hydrogen-bond donors (Lipinski definition) is 3. The van der Waals surface area contributed by atoms with Crippen LogP contribution in [-0.4, -0.2) is 6.04 Å². The van der Waals surface area contributed by atoms with Crippen molar-refractivity contribution in [2.45, 2.75) is 18.3 Å². The Morgan fingerprint density at radius 1 is 1.08 bits per heavy atom. The van der Waals surface area contributed by atoms with Crippen molar-refractivity contribution in [1.82, 2.24) is 16.4 Å². The molecule has 1 fully saturated rings. The first-order chi connectivity index (χ1) is 12.4. The number of nitrogens with zero attached hydrogens (tertiary/aromatic N) is 1. The molecule has 134 valence electrons. The Balaban J connectivity index is 1.88. The predicted molar refractivity (Wildman–Crippen MR) is 93.4 cm³/mol. The van der Waals surface area contributed by atoms with E-state index in [9.17, 15) is 13.2 Å². The second-order valence-electron chi connectivity index (χ2n) is 5.71. The summed E-state index contributed by atoms with van der Waals surface area (Å²) in [7, 11) is 0. The molecule has 2 aromatic rings. The van der Waals surface area contributed by atoms with Gasteiger partial charge in [0, 0.05) is 0 Å². The van der Waals surface area contributed by atoms with E-state index >= 15 is 0 Å². The molecule has 0 amide bonds. The Labute approximate surface area is 153 Å². The van der Waals surface area contributed by atoms with Crippen molar-refractivity contribution in [3.05, 3.63) is 69.7 Å². The van der Waals surface area contributed by atoms with E-state index in [4.69, 9.17) is 16.9 Å². The van der Waals surface area contributed by atoms with Crippen LogP contribution < -0.4 is 16.4 Å². The fourth-order valence-electron chi connectivity index (χ4n) is 2.67. The van der Waals surface area contributed by atoms with Gasteiger partial charge >= 0.3 is 6.18 Å². The van der Waals surface area contributed by atoms with Gasteiger partial charge in [-0.15, -0.1) is 0 Å². The summed E-state index contributed by atoms with van der Waals surface area (Å²) in [4.78, 5) is 0. The van der Waals surface area contributed by atoms with Gasteiger partial charge in [-0.2, -0.15) is 24.0 Å². The van der Waals surface area contributed by atoms with Crippen molar-refractivity contribution in [3.63, 3.8) is 0 Å². The largest absolute Gasteiger partial charge is 0.416 e. The molecule has 26 heavy (non-hydrogen) atoms. The third-order valence-electron chi connectivity index (χ3n) is 3.99. The van der Waals surface area contributed by atoms with Crippen molar-refractivity contribution < 1.29 is 13.2 Å². The lowest BCUT2D eigenvalue weighted by atomic mass is 9.99. The maximum Gasteiger partial charge on any atom is 0.416 e. The average Bonchev–Trinajstić information content (AvgIpc) is 3.09. The summed E-state index contributed by atoms with van der Waals surface area (Å²) in [6, 6.07) is 11.6. The van der Waals surface area contributed by atoms with Crippen LogP contribution >= 0.6 is 11.6 Å². The van der Waals surface area contributed by atoms with Crippen LogP contribution in [0.2, 0.25) is 5.02 Å². The molecular formula is C18H14ClF3N4. The minimum atomic E-state index is -4.39. The Morgan fingerprint density at radius 2 is 1.85 bits per heavy atom. The standard InChI is InChI=1S/C18H14ClF3N4/c19-16-12(4-2-6-14(16)17-15(10-23)24-26-25-17)8-7-11-3-1-5-13(9-11)18(20,21)22/h1-9,15,17,24-26H/b8-7+. The molecule has 3 rings (SSSR count). The number of alkyl halides is 3. The van der Waals surface area contributed by atoms with E-state index in [-0.39, 0.29) is 6.04 Å². The molecule has 0 bridgehead atoms. The fraction of sp³-hybridized carbons (Fsp3) is 0.167. The van der Waals surface area contributed by atoms with Gasteiger partial charge in [0.1, 0.15) is 6.04 Å². The number of nitrogens with one attached hydrogen (secondary N) is 3. The van der Waals surface area contributed by atoms with Crippen LogP contribution in [0.4, 0.5) is 13.2 Å². The van der Waals surface area contributed by atoms with Crippen LogP contribution in [-0.2, 0) is 6.18 Å². The Hall–Kier alpha value is -2.37. The zero-order valence-electron chi connectivity index (χ0n) is 13.3. The van der Waals surface area contributed by atoms with E-state index < -0.39 is 17.8 Å². The highest BCUT2D eigenvalue weighted by Gasteiger charge is 2.30. The molecule has 0 saturated carbocycles. The summed E-state index contributed by atoms with van der Waals surface area (Å²) >= 11 is 6.44. The monoisotopic (exact) mass is 378 g/mol. The molecule has 2 unspecified atom stereocenters. The van der Waals surface area contributed by atoms with Crippen molar-refractivity contribution in [1.29, 1.82) is 5.26 Å². The molecule has 1 aliphatic heterocycles. The van der Waals surface area contributed by atoms with Crippen LogP contribution in [0.1, 0.15) is 28.3 Å². The van der Waals surface area contributed by atoms with Crippen molar-refractivity contribution in [3.8, 4) is 6.07 Å². The molecule has 2 aromatic carbocycles. The molecule has 0 radical (unpaired) electrons. The van der Waals surface area contributed by atoms with Gasteiger partial charge in [-0.25, -0.2) is 10.9 Å². The van der Waals surface area contributed by atoms with Gasteiger partial charge in [0.25, 0.3) is 0 Å². The second kappa shape index (κ2) is 7.48. The number of nitriles is 1. The Kier molecular flexibility index (Phi) is 5.30. The maximum absolute atomic E-state index is 12.8. The van der Waals surface area contributed by atoms with E-state index in [0.717, 1.165) is 12.1 Å². The predicted octanol–water partition coefficient (Wildman–Crippen LogP) is 4.07. The molecule has 4 nitrogen and oxygen atoms in total. The quantitative estimate of drug-likeness (QED) is 0.704. The van der Waals surface area contributed by atoms with E-state index in [0.29, 0.717) is 21.7 Å². The molecule has 0 spiro atoms. The van der Waals surface area contributed by atoms with Gasteiger partial charge in [0.15, 0.2) is 0 Å². The third-order valence-corrected chi connectivity index (χ3v) is 4.43. The summed E-state index contributed by atoms with van der Waals surface area (Å²) < 4.78 is 38.4. The normalized spacial score (nSPS) is 20.4. The van der Waals surface area contributed by atoms with Gasteiger partial charge < -0.3 is 0 Å². The lowest BCUT2D eigenvalue weighted by Crippen LogP contribution is -2.32. The van der Waals surface area contributed by atoms with Gasteiger partial charge in [-0.3, -0.25) is 0 Å². The molecule has 8 heteroatoms. The minimum Gasteiger partial charge on any atom is -0.234 e. The highest BCUT2D eigenvalue weighted by atomic mass is 35.5. The Morgan fingerprint density at radius 3 is 2.58 bits per heavy atom. The SMILES string of the molecule is N#CC1NNNC1c1cccc(/C=C/c2cccc(C(F)(F)F)c2)c1Cl. The molecule has 1 heterocycles. The van der Waals surface area contributed by atoms with Crippen LogP contribution in [0.5, 0.6) is 0 Å². The minimum absolute atomic E-state index is 0.352. The topological polar surface area (TPSA) is 59.9 Å². The van der Waals surface area contributed by atoms with Crippen LogP contribution in [0.3, 0.4) is 0 Å². The maximum atomic E-state index is 12.8. The van der Waals surface area contributed by atoms with Crippen LogP contribution in [0.25, 0.3) is 12.2 Å². The zero-order chi connectivity index (χ0) is 18.7. The second-order valence-corrected chi connectivity index (χ2v) is 6.08. The molecule has 1 saturated heterocycles. The smallest absolute Gasteiger partial charge is 0.234 e. The summed E-state index contributed by atoms with van der Waals surface area (Å²) in [5.41, 5.74) is 9.45. The molecular weight excluding hydrogens is 365 g/mol. The third kappa shape index (κ3) is 3.89. The summed E-state index contributed by atoms with van der Waals surface area (Å²) in [6.07, 6.45) is -1.17.